The first kappa shape index (κ1) is 98.4. The Morgan fingerprint density at radius 3 is 0.827 bits per heavy atom. The van der Waals surface area contributed by atoms with Crippen molar-refractivity contribution in [2.24, 2.45) is 0 Å². The van der Waals surface area contributed by atoms with Crippen molar-refractivity contribution in [2.45, 2.75) is 303 Å². The van der Waals surface area contributed by atoms with E-state index in [0.717, 1.165) is 173 Å². The normalized spacial score (nSPS) is 14.8. The summed E-state index contributed by atoms with van der Waals surface area (Å²) >= 11 is 0. The molecule has 0 bridgehead atoms. The van der Waals surface area contributed by atoms with Crippen molar-refractivity contribution in [1.29, 1.82) is 0 Å². The zero-order valence-corrected chi connectivity index (χ0v) is 66.2. The second-order valence-electron chi connectivity index (χ2n) is 25.5. The number of phosphoric acid groups is 2. The van der Waals surface area contributed by atoms with Crippen molar-refractivity contribution in [1.82, 2.24) is 0 Å². The number of phosphoric ester groups is 2. The lowest BCUT2D eigenvalue weighted by Crippen LogP contribution is -2.30. The number of allylic oxidation sites excluding steroid dienone is 28. The highest BCUT2D eigenvalue weighted by Crippen LogP contribution is 2.45. The fraction of sp³-hybridized carbons (Fsp3) is 0.624. The van der Waals surface area contributed by atoms with Crippen molar-refractivity contribution in [2.75, 3.05) is 39.6 Å². The van der Waals surface area contributed by atoms with Crippen molar-refractivity contribution >= 4 is 39.5 Å². The quantitative estimate of drug-likeness (QED) is 0.0169. The maximum absolute atomic E-state index is 13.1. The largest absolute Gasteiger partial charge is 0.472 e. The van der Waals surface area contributed by atoms with Gasteiger partial charge in [0.25, 0.3) is 0 Å². The molecule has 0 spiro atoms. The van der Waals surface area contributed by atoms with E-state index in [2.05, 4.69) is 186 Å². The van der Waals surface area contributed by atoms with Gasteiger partial charge in [-0.15, -0.1) is 0 Å². The van der Waals surface area contributed by atoms with Gasteiger partial charge in [-0.25, -0.2) is 9.13 Å². The molecule has 590 valence electrons. The molecule has 0 saturated heterocycles. The summed E-state index contributed by atoms with van der Waals surface area (Å²) in [5.41, 5.74) is 0. The summed E-state index contributed by atoms with van der Waals surface area (Å²) in [7, 11) is -10.0. The average molecular weight is 1490 g/mol. The van der Waals surface area contributed by atoms with E-state index >= 15 is 0 Å². The number of rotatable bonds is 72. The minimum Gasteiger partial charge on any atom is -0.462 e. The number of aliphatic hydroxyl groups excluding tert-OH is 1. The number of esters is 4. The van der Waals surface area contributed by atoms with Gasteiger partial charge in [0.15, 0.2) is 12.2 Å². The van der Waals surface area contributed by atoms with Crippen LogP contribution in [0, 0.1) is 0 Å². The number of unbranched alkanes of at least 4 members (excludes halogenated alkanes) is 18. The lowest BCUT2D eigenvalue weighted by molar-refractivity contribution is -0.161. The van der Waals surface area contributed by atoms with Crippen LogP contribution in [0.5, 0.6) is 0 Å². The number of ether oxygens (including phenoxy) is 4. The fourth-order valence-corrected chi connectivity index (χ4v) is 11.3. The standard InChI is InChI=1S/C85H138O17P2/c1-5-9-13-17-21-25-29-33-36-38-39-41-43-47-50-54-58-62-66-70-83(88)96-76-81(102-85(90)72-68-64-60-56-52-48-44-40-37-34-30-26-22-18-14-10-6-2)78-100-104(93,94)98-74-79(86)73-97-103(91,92)99-77-80(101-84(89)71-67-63-59-55-51-45-32-28-24-20-16-12-8-4)75-95-82(87)69-65-61-57-53-49-46-42-35-31-27-23-19-15-11-7-3/h9-11,13-15,21-23,25-28,32-37,39,41-42,44,47-48,50,56,60,79-81,86H,5-8,12,16-20,24,29-31,38,40,43,45-46,49,51-55,57-59,61-78H2,1-4H3,(H,91,92)(H,93,94)/b13-9-,14-10-,15-11-,25-21-,26-22-,27-23-,32-28-,36-33-,37-34-,41-39-,42-35-,48-44-,50-47-,60-56-. The second-order valence-corrected chi connectivity index (χ2v) is 28.4. The molecule has 5 atom stereocenters. The Morgan fingerprint density at radius 2 is 0.510 bits per heavy atom. The highest BCUT2D eigenvalue weighted by Gasteiger charge is 2.30. The van der Waals surface area contributed by atoms with Crippen LogP contribution in [0.25, 0.3) is 0 Å². The van der Waals surface area contributed by atoms with Crippen LogP contribution in [0.4, 0.5) is 0 Å². The summed E-state index contributed by atoms with van der Waals surface area (Å²) in [6.07, 6.45) is 89.2. The Balaban J connectivity index is 5.48. The Morgan fingerprint density at radius 1 is 0.279 bits per heavy atom. The zero-order chi connectivity index (χ0) is 76.0. The smallest absolute Gasteiger partial charge is 0.462 e. The lowest BCUT2D eigenvalue weighted by Gasteiger charge is -2.21. The first-order valence-corrected chi connectivity index (χ1v) is 42.4. The Bertz CT molecular complexity index is 2640. The molecule has 0 radical (unpaired) electrons. The first-order valence-electron chi connectivity index (χ1n) is 39.4. The highest BCUT2D eigenvalue weighted by atomic mass is 31.2. The summed E-state index contributed by atoms with van der Waals surface area (Å²) in [5.74, 6) is -2.32. The molecule has 0 aliphatic carbocycles. The third kappa shape index (κ3) is 74.7. The Hall–Kier alpha value is -5.58. The number of hydrogen-bond acceptors (Lipinski definition) is 15. The monoisotopic (exact) mass is 1490 g/mol. The molecule has 17 nitrogen and oxygen atoms in total. The lowest BCUT2D eigenvalue weighted by atomic mass is 10.1. The van der Waals surface area contributed by atoms with E-state index in [1.807, 2.05) is 12.2 Å². The number of carbonyl (C=O) groups excluding carboxylic acids is 4. The molecule has 19 heteroatoms. The van der Waals surface area contributed by atoms with Crippen molar-refractivity contribution in [3.63, 3.8) is 0 Å². The van der Waals surface area contributed by atoms with Gasteiger partial charge in [0.05, 0.1) is 26.4 Å². The predicted octanol–water partition coefficient (Wildman–Crippen LogP) is 23.0. The van der Waals surface area contributed by atoms with Crippen LogP contribution in [0.3, 0.4) is 0 Å². The van der Waals surface area contributed by atoms with E-state index in [1.54, 1.807) is 0 Å². The van der Waals surface area contributed by atoms with Gasteiger partial charge in [-0.1, -0.05) is 262 Å². The fourth-order valence-electron chi connectivity index (χ4n) is 9.76. The number of carbonyl (C=O) groups is 4. The van der Waals surface area contributed by atoms with E-state index in [-0.39, 0.29) is 25.7 Å². The minimum atomic E-state index is -5.01. The van der Waals surface area contributed by atoms with Crippen LogP contribution >= 0.6 is 15.6 Å². The maximum atomic E-state index is 13.1. The van der Waals surface area contributed by atoms with Crippen molar-refractivity contribution in [3.05, 3.63) is 170 Å². The van der Waals surface area contributed by atoms with Gasteiger partial charge in [0.1, 0.15) is 19.3 Å². The Labute approximate surface area is 629 Å². The average Bonchev–Trinajstić information content (AvgIpc) is 0.911. The number of hydrogen-bond donors (Lipinski definition) is 3. The summed E-state index contributed by atoms with van der Waals surface area (Å²) in [5, 5.41) is 10.6. The maximum Gasteiger partial charge on any atom is 0.472 e. The van der Waals surface area contributed by atoms with Gasteiger partial charge in [-0.2, -0.15) is 0 Å². The molecule has 0 aliphatic heterocycles. The van der Waals surface area contributed by atoms with Gasteiger partial charge in [0.2, 0.25) is 0 Å². The van der Waals surface area contributed by atoms with Crippen LogP contribution in [0.1, 0.15) is 285 Å². The van der Waals surface area contributed by atoms with E-state index in [1.165, 1.54) is 25.7 Å². The molecular formula is C85H138O17P2. The molecule has 3 N–H and O–H groups in total. The summed E-state index contributed by atoms with van der Waals surface area (Å²) in [4.78, 5) is 73.0. The summed E-state index contributed by atoms with van der Waals surface area (Å²) in [6.45, 7) is 4.37. The topological polar surface area (TPSA) is 237 Å². The molecule has 0 saturated carbocycles. The molecule has 0 aromatic carbocycles. The van der Waals surface area contributed by atoms with Gasteiger partial charge >= 0.3 is 39.5 Å². The van der Waals surface area contributed by atoms with Crippen LogP contribution in [0.2, 0.25) is 0 Å². The van der Waals surface area contributed by atoms with E-state index in [0.29, 0.717) is 32.1 Å². The molecule has 0 amide bonds. The molecule has 0 aliphatic rings. The summed E-state index contributed by atoms with van der Waals surface area (Å²) in [6, 6.07) is 0. The van der Waals surface area contributed by atoms with Gasteiger partial charge in [-0.05, 0) is 167 Å². The van der Waals surface area contributed by atoms with E-state index in [4.69, 9.17) is 37.0 Å². The van der Waals surface area contributed by atoms with Crippen LogP contribution in [0.15, 0.2) is 170 Å². The zero-order valence-electron chi connectivity index (χ0n) is 64.4. The van der Waals surface area contributed by atoms with E-state index in [9.17, 15) is 43.2 Å². The highest BCUT2D eigenvalue weighted by molar-refractivity contribution is 7.47. The number of aliphatic hydroxyl groups is 1. The molecule has 0 aromatic rings. The van der Waals surface area contributed by atoms with Crippen LogP contribution in [-0.2, 0) is 65.4 Å². The molecular weight excluding hydrogens is 1350 g/mol. The Kier molecular flexibility index (Phi) is 71.6. The van der Waals surface area contributed by atoms with Gasteiger partial charge in [-0.3, -0.25) is 37.3 Å². The third-order valence-electron chi connectivity index (χ3n) is 15.7. The predicted molar refractivity (Wildman–Crippen MR) is 426 cm³/mol. The van der Waals surface area contributed by atoms with Crippen molar-refractivity contribution < 1.29 is 80.2 Å². The molecule has 5 unspecified atom stereocenters. The molecule has 0 heterocycles. The van der Waals surface area contributed by atoms with Crippen LogP contribution in [-0.4, -0.2) is 96.7 Å². The molecule has 0 aromatic heterocycles. The van der Waals surface area contributed by atoms with E-state index < -0.39 is 97.5 Å². The minimum absolute atomic E-state index is 0.00219. The van der Waals surface area contributed by atoms with Gasteiger partial charge < -0.3 is 33.8 Å². The van der Waals surface area contributed by atoms with Crippen molar-refractivity contribution in [3.8, 4) is 0 Å². The SMILES string of the molecule is CC/C=C\C/C=C\C/C=C\C/C=C\C/C=C\CCCCCC(=O)OCC(COP(=O)(O)OCC(O)COP(=O)(O)OCC(COC(=O)CCCCCCC/C=C\C/C=C\C/C=C\CC)OC(=O)CCCCCCC/C=C\CCCCCC)OC(=O)CCC/C=C\C/C=C\C/C=C\C/C=C\C/C=C\CC. The van der Waals surface area contributed by atoms with Gasteiger partial charge in [0, 0.05) is 25.7 Å². The molecule has 0 rings (SSSR count). The first-order chi connectivity index (χ1) is 50.7. The molecule has 104 heavy (non-hydrogen) atoms. The van der Waals surface area contributed by atoms with Crippen LogP contribution < -0.4 is 0 Å². The molecule has 0 fully saturated rings. The second kappa shape index (κ2) is 75.6. The third-order valence-corrected chi connectivity index (χ3v) is 17.6. The summed E-state index contributed by atoms with van der Waals surface area (Å²) < 4.78 is 68.5.